The van der Waals surface area contributed by atoms with E-state index < -0.39 is 7.12 Å². The molecule has 2 N–H and O–H groups in total. The average molecular weight is 221 g/mol. The van der Waals surface area contributed by atoms with E-state index >= 15 is 0 Å². The van der Waals surface area contributed by atoms with Crippen molar-refractivity contribution in [3.63, 3.8) is 0 Å². The Hall–Kier alpha value is -1.60. The summed E-state index contributed by atoms with van der Waals surface area (Å²) in [6.07, 6.45) is 1.75. The molecule has 0 spiro atoms. The first-order valence-electron chi connectivity index (χ1n) is 4.95. The van der Waals surface area contributed by atoms with Gasteiger partial charge in [0.15, 0.2) is 5.65 Å². The number of hydrogen-bond donors (Lipinski definition) is 2. The van der Waals surface area contributed by atoms with Crippen molar-refractivity contribution in [3.05, 3.63) is 12.3 Å². The highest BCUT2D eigenvalue weighted by Crippen LogP contribution is 2.13. The van der Waals surface area contributed by atoms with Gasteiger partial charge in [0, 0.05) is 24.1 Å². The van der Waals surface area contributed by atoms with Crippen molar-refractivity contribution in [1.82, 2.24) is 14.8 Å². The van der Waals surface area contributed by atoms with E-state index in [2.05, 4.69) is 10.1 Å². The molecule has 0 atom stereocenters. The van der Waals surface area contributed by atoms with Gasteiger partial charge in [0.2, 0.25) is 5.88 Å². The number of pyridine rings is 1. The zero-order valence-electron chi connectivity index (χ0n) is 9.08. The summed E-state index contributed by atoms with van der Waals surface area (Å²) in [5.74, 6) is 0.212. The second kappa shape index (κ2) is 4.11. The maximum atomic E-state index is 9.21. The molecule has 2 aromatic rings. The number of nitrogens with zero attached hydrogens (tertiary/aromatic N) is 3. The normalized spacial score (nSPS) is 10.8. The summed E-state index contributed by atoms with van der Waals surface area (Å²) in [7, 11) is 0.176. The molecule has 0 saturated carbocycles. The summed E-state index contributed by atoms with van der Waals surface area (Å²) in [6.45, 7) is 2.21. The Morgan fingerprint density at radius 2 is 2.25 bits per heavy atom. The van der Waals surface area contributed by atoms with Crippen LogP contribution >= 0.6 is 0 Å². The van der Waals surface area contributed by atoms with Gasteiger partial charge < -0.3 is 14.8 Å². The molecular formula is C9H12BN3O3. The highest BCUT2D eigenvalue weighted by atomic mass is 16.5. The summed E-state index contributed by atoms with van der Waals surface area (Å²) in [5.41, 5.74) is 0.776. The Morgan fingerprint density at radius 3 is 2.88 bits per heavy atom. The summed E-state index contributed by atoms with van der Waals surface area (Å²) < 4.78 is 6.85. The predicted octanol–water partition coefficient (Wildman–Crippen LogP) is -0.953. The Balaban J connectivity index is 2.60. The molecule has 0 aliphatic rings. The van der Waals surface area contributed by atoms with Crippen molar-refractivity contribution in [3.8, 4) is 5.88 Å². The third-order valence-corrected chi connectivity index (χ3v) is 2.16. The van der Waals surface area contributed by atoms with E-state index in [4.69, 9.17) is 4.74 Å². The Kier molecular flexibility index (Phi) is 2.80. The molecule has 0 aromatic carbocycles. The van der Waals surface area contributed by atoms with Gasteiger partial charge in [-0.3, -0.25) is 4.68 Å². The Morgan fingerprint density at radius 1 is 1.50 bits per heavy atom. The number of rotatable bonds is 3. The number of aromatic nitrogens is 3. The lowest BCUT2D eigenvalue weighted by molar-refractivity contribution is 0.328. The quantitative estimate of drug-likeness (QED) is 0.653. The molecule has 2 aromatic heterocycles. The number of hydrogen-bond acceptors (Lipinski definition) is 5. The van der Waals surface area contributed by atoms with E-state index in [1.54, 1.807) is 30.9 Å². The first-order valence-corrected chi connectivity index (χ1v) is 4.95. The fourth-order valence-electron chi connectivity index (χ4n) is 1.51. The van der Waals surface area contributed by atoms with Crippen molar-refractivity contribution >= 4 is 23.6 Å². The third kappa shape index (κ3) is 1.87. The topological polar surface area (TPSA) is 80.4 Å². The van der Waals surface area contributed by atoms with E-state index in [0.717, 1.165) is 5.39 Å². The number of aryl methyl sites for hydroxylation is 1. The fraction of sp³-hybridized carbons (Fsp3) is 0.333. The largest absolute Gasteiger partial charge is 0.494 e. The van der Waals surface area contributed by atoms with Crippen LogP contribution in [-0.4, -0.2) is 38.5 Å². The van der Waals surface area contributed by atoms with Crippen molar-refractivity contribution in [2.75, 3.05) is 6.61 Å². The monoisotopic (exact) mass is 221 g/mol. The molecule has 0 unspecified atom stereocenters. The van der Waals surface area contributed by atoms with Gasteiger partial charge in [-0.2, -0.15) is 10.1 Å². The lowest BCUT2D eigenvalue weighted by Gasteiger charge is -2.07. The van der Waals surface area contributed by atoms with Crippen LogP contribution in [0.15, 0.2) is 12.3 Å². The Bertz CT molecular complexity index is 512. The molecule has 0 aliphatic heterocycles. The van der Waals surface area contributed by atoms with Gasteiger partial charge in [0.1, 0.15) is 0 Å². The van der Waals surface area contributed by atoms with Crippen LogP contribution in [0.5, 0.6) is 5.88 Å². The van der Waals surface area contributed by atoms with Crippen LogP contribution in [0, 0.1) is 0 Å². The van der Waals surface area contributed by atoms with E-state index in [9.17, 15) is 10.0 Å². The minimum atomic E-state index is -1.60. The van der Waals surface area contributed by atoms with Gasteiger partial charge in [-0.15, -0.1) is 0 Å². The summed E-state index contributed by atoms with van der Waals surface area (Å²) in [4.78, 5) is 4.13. The highest BCUT2D eigenvalue weighted by molar-refractivity contribution is 6.59. The van der Waals surface area contributed by atoms with Gasteiger partial charge in [-0.05, 0) is 13.0 Å². The molecule has 2 rings (SSSR count). The minimum Gasteiger partial charge on any atom is -0.478 e. The van der Waals surface area contributed by atoms with Crippen LogP contribution in [0.1, 0.15) is 6.92 Å². The molecular weight excluding hydrogens is 209 g/mol. The number of fused-ring (bicyclic) bond motifs is 1. The summed E-state index contributed by atoms with van der Waals surface area (Å²) >= 11 is 0. The molecule has 0 bridgehead atoms. The SMILES string of the molecule is CCOc1nc2nn(C)cc2cc1B(O)O. The van der Waals surface area contributed by atoms with Crippen molar-refractivity contribution in [2.45, 2.75) is 6.92 Å². The van der Waals surface area contributed by atoms with E-state index in [1.165, 1.54) is 0 Å². The zero-order chi connectivity index (χ0) is 11.7. The minimum absolute atomic E-state index is 0.212. The van der Waals surface area contributed by atoms with Crippen LogP contribution < -0.4 is 10.2 Å². The lowest BCUT2D eigenvalue weighted by Crippen LogP contribution is -2.32. The van der Waals surface area contributed by atoms with Crippen LogP contribution in [0.4, 0.5) is 0 Å². The molecule has 16 heavy (non-hydrogen) atoms. The number of ether oxygens (including phenoxy) is 1. The van der Waals surface area contributed by atoms with Crippen LogP contribution in [-0.2, 0) is 7.05 Å². The molecule has 0 radical (unpaired) electrons. The van der Waals surface area contributed by atoms with Crippen LogP contribution in [0.3, 0.4) is 0 Å². The van der Waals surface area contributed by atoms with Crippen LogP contribution in [0.25, 0.3) is 11.0 Å². The van der Waals surface area contributed by atoms with Gasteiger partial charge >= 0.3 is 7.12 Å². The van der Waals surface area contributed by atoms with E-state index in [0.29, 0.717) is 12.3 Å². The van der Waals surface area contributed by atoms with Crippen molar-refractivity contribution < 1.29 is 14.8 Å². The first kappa shape index (κ1) is 10.9. The molecule has 84 valence electrons. The van der Waals surface area contributed by atoms with Gasteiger partial charge in [0.25, 0.3) is 0 Å². The van der Waals surface area contributed by atoms with Gasteiger partial charge in [0.05, 0.1) is 6.61 Å². The summed E-state index contributed by atoms with van der Waals surface area (Å²) in [6, 6.07) is 1.62. The standard InChI is InChI=1S/C9H12BN3O3/c1-3-16-9-7(10(14)15)4-6-5-13(2)12-8(6)11-9/h4-5,14-15H,3H2,1-2H3. The molecule has 0 amide bonds. The van der Waals surface area contributed by atoms with Gasteiger partial charge in [-0.1, -0.05) is 0 Å². The zero-order valence-corrected chi connectivity index (χ0v) is 9.08. The molecule has 0 fully saturated rings. The van der Waals surface area contributed by atoms with Crippen molar-refractivity contribution in [2.24, 2.45) is 7.05 Å². The van der Waals surface area contributed by atoms with Crippen LogP contribution in [0.2, 0.25) is 0 Å². The maximum Gasteiger partial charge on any atom is 0.494 e. The van der Waals surface area contributed by atoms with E-state index in [1.807, 2.05) is 0 Å². The van der Waals surface area contributed by atoms with Crippen molar-refractivity contribution in [1.29, 1.82) is 0 Å². The molecule has 2 heterocycles. The summed E-state index contributed by atoms with van der Waals surface area (Å²) in [5, 5.41) is 23.3. The fourth-order valence-corrected chi connectivity index (χ4v) is 1.51. The third-order valence-electron chi connectivity index (χ3n) is 2.16. The maximum absolute atomic E-state index is 9.21. The molecule has 7 heteroatoms. The highest BCUT2D eigenvalue weighted by Gasteiger charge is 2.20. The van der Waals surface area contributed by atoms with E-state index in [-0.39, 0.29) is 11.3 Å². The average Bonchev–Trinajstić information content (AvgIpc) is 2.56. The first-order chi connectivity index (χ1) is 7.61. The lowest BCUT2D eigenvalue weighted by atomic mass is 9.80. The molecule has 6 nitrogen and oxygen atoms in total. The molecule has 0 aliphatic carbocycles. The Labute approximate surface area is 92.6 Å². The van der Waals surface area contributed by atoms with Gasteiger partial charge in [-0.25, -0.2) is 0 Å². The smallest absolute Gasteiger partial charge is 0.478 e. The second-order valence-electron chi connectivity index (χ2n) is 3.41. The second-order valence-corrected chi connectivity index (χ2v) is 3.41. The predicted molar refractivity (Wildman–Crippen MR) is 59.5 cm³/mol. The molecule has 0 saturated heterocycles.